The van der Waals surface area contributed by atoms with Gasteiger partial charge in [0.25, 0.3) is 5.91 Å². The van der Waals surface area contributed by atoms with Crippen LogP contribution in [0.1, 0.15) is 32.6 Å². The first kappa shape index (κ1) is 17.1. The Morgan fingerprint density at radius 3 is 2.74 bits per heavy atom. The molecule has 0 saturated heterocycles. The number of hydrogen-bond donors (Lipinski definition) is 2. The van der Waals surface area contributed by atoms with Gasteiger partial charge >= 0.3 is 12.0 Å². The number of hydrogen-bond acceptors (Lipinski definition) is 6. The first-order chi connectivity index (χ1) is 11.1. The van der Waals surface area contributed by atoms with Crippen LogP contribution >= 0.6 is 0 Å². The smallest absolute Gasteiger partial charge is 0.377 e. The van der Waals surface area contributed by atoms with Crippen LogP contribution in [-0.2, 0) is 23.8 Å². The van der Waals surface area contributed by atoms with Gasteiger partial charge in [-0.3, -0.25) is 10.1 Å². The highest BCUT2D eigenvalue weighted by Gasteiger charge is 2.24. The monoisotopic (exact) mass is 326 g/mol. The van der Waals surface area contributed by atoms with Crippen LogP contribution in [0.25, 0.3) is 0 Å². The molecule has 23 heavy (non-hydrogen) atoms. The van der Waals surface area contributed by atoms with Crippen molar-refractivity contribution in [3.05, 3.63) is 12.0 Å². The number of urea groups is 1. The first-order valence-corrected chi connectivity index (χ1v) is 7.78. The van der Waals surface area contributed by atoms with Crippen molar-refractivity contribution in [1.29, 1.82) is 0 Å². The molecule has 128 valence electrons. The maximum Gasteiger partial charge on any atom is 0.377 e. The molecule has 0 aromatic rings. The number of esters is 1. The van der Waals surface area contributed by atoms with E-state index in [-0.39, 0.29) is 18.4 Å². The molecule has 2 rings (SSSR count). The summed E-state index contributed by atoms with van der Waals surface area (Å²) in [5.74, 6) is -1.21. The Morgan fingerprint density at radius 1 is 1.26 bits per heavy atom. The third kappa shape index (κ3) is 5.46. The highest BCUT2D eigenvalue weighted by Crippen LogP contribution is 2.23. The molecule has 1 aliphatic carbocycles. The molecular weight excluding hydrogens is 304 g/mol. The van der Waals surface area contributed by atoms with Crippen molar-refractivity contribution >= 4 is 17.9 Å². The van der Waals surface area contributed by atoms with E-state index in [1.165, 1.54) is 0 Å². The summed E-state index contributed by atoms with van der Waals surface area (Å²) in [5, 5.41) is 4.93. The zero-order valence-corrected chi connectivity index (χ0v) is 13.1. The summed E-state index contributed by atoms with van der Waals surface area (Å²) in [5.41, 5.74) is 0. The van der Waals surface area contributed by atoms with E-state index < -0.39 is 24.5 Å². The number of carbonyl (C=O) groups excluding carboxylic acids is 3. The minimum absolute atomic E-state index is 0.0667. The number of nitrogens with one attached hydrogen (secondary N) is 2. The van der Waals surface area contributed by atoms with Crippen LogP contribution in [0.2, 0.25) is 0 Å². The van der Waals surface area contributed by atoms with Gasteiger partial charge in [-0.15, -0.1) is 0 Å². The molecule has 1 saturated carbocycles. The summed E-state index contributed by atoms with van der Waals surface area (Å²) in [6.45, 7) is 2.12. The molecule has 2 N–H and O–H groups in total. The van der Waals surface area contributed by atoms with Crippen LogP contribution in [0.15, 0.2) is 12.0 Å². The lowest BCUT2D eigenvalue weighted by atomic mass is 9.86. The largest absolute Gasteiger partial charge is 0.493 e. The summed E-state index contributed by atoms with van der Waals surface area (Å²) >= 11 is 0. The minimum Gasteiger partial charge on any atom is -0.493 e. The molecule has 0 aromatic heterocycles. The van der Waals surface area contributed by atoms with Crippen molar-refractivity contribution < 1.29 is 28.6 Å². The van der Waals surface area contributed by atoms with Gasteiger partial charge in [0.05, 0.1) is 0 Å². The number of amides is 3. The molecule has 1 aliphatic heterocycles. The van der Waals surface area contributed by atoms with Gasteiger partial charge in [-0.1, -0.05) is 19.8 Å². The Kier molecular flexibility index (Phi) is 6.25. The predicted molar refractivity (Wildman–Crippen MR) is 79.0 cm³/mol. The van der Waals surface area contributed by atoms with E-state index in [9.17, 15) is 14.4 Å². The summed E-state index contributed by atoms with van der Waals surface area (Å²) in [4.78, 5) is 35.0. The minimum atomic E-state index is -0.804. The fraction of sp³-hybridized carbons (Fsp3) is 0.667. The van der Waals surface area contributed by atoms with Crippen LogP contribution in [-0.4, -0.2) is 43.8 Å². The maximum absolute atomic E-state index is 11.8. The van der Waals surface area contributed by atoms with Gasteiger partial charge in [0.1, 0.15) is 19.5 Å². The van der Waals surface area contributed by atoms with Crippen molar-refractivity contribution in [1.82, 2.24) is 10.6 Å². The molecule has 1 heterocycles. The summed E-state index contributed by atoms with van der Waals surface area (Å²) in [7, 11) is 0. The van der Waals surface area contributed by atoms with Crippen LogP contribution in [0, 0.1) is 5.92 Å². The lowest BCUT2D eigenvalue weighted by Crippen LogP contribution is -2.48. The van der Waals surface area contributed by atoms with Gasteiger partial charge in [-0.05, 0) is 18.8 Å². The highest BCUT2D eigenvalue weighted by molar-refractivity contribution is 5.96. The fourth-order valence-corrected chi connectivity index (χ4v) is 2.58. The van der Waals surface area contributed by atoms with E-state index >= 15 is 0 Å². The molecule has 0 spiro atoms. The van der Waals surface area contributed by atoms with Crippen molar-refractivity contribution in [2.24, 2.45) is 5.92 Å². The van der Waals surface area contributed by atoms with Crippen molar-refractivity contribution in [2.75, 3.05) is 19.8 Å². The van der Waals surface area contributed by atoms with Crippen molar-refractivity contribution in [2.45, 2.75) is 38.6 Å². The number of rotatable bonds is 4. The second-order valence-electron chi connectivity index (χ2n) is 5.67. The SMILES string of the molecule is CC1CCCCC1NC(=O)NC(=O)COC(=O)C1=COCCO1. The Hall–Kier alpha value is -2.25. The lowest BCUT2D eigenvalue weighted by molar-refractivity contribution is -0.149. The Labute approximate surface area is 134 Å². The second kappa shape index (κ2) is 8.40. The molecule has 2 atom stereocenters. The molecule has 3 amide bonds. The summed E-state index contributed by atoms with van der Waals surface area (Å²) in [6.07, 6.45) is 5.34. The average molecular weight is 326 g/mol. The van der Waals surface area contributed by atoms with Crippen molar-refractivity contribution in [3.63, 3.8) is 0 Å². The first-order valence-electron chi connectivity index (χ1n) is 7.78. The zero-order chi connectivity index (χ0) is 16.7. The van der Waals surface area contributed by atoms with Gasteiger partial charge in [-0.2, -0.15) is 0 Å². The summed E-state index contributed by atoms with van der Waals surface area (Å²) < 4.78 is 14.7. The third-order valence-corrected chi connectivity index (χ3v) is 3.87. The predicted octanol–water partition coefficient (Wildman–Crippen LogP) is 0.822. The van der Waals surface area contributed by atoms with Crippen LogP contribution in [0.5, 0.6) is 0 Å². The van der Waals surface area contributed by atoms with Crippen LogP contribution in [0.4, 0.5) is 4.79 Å². The van der Waals surface area contributed by atoms with Crippen LogP contribution < -0.4 is 10.6 Å². The molecule has 0 bridgehead atoms. The molecule has 1 fully saturated rings. The number of ether oxygens (including phenoxy) is 3. The number of carbonyl (C=O) groups is 3. The normalized spacial score (nSPS) is 23.6. The van der Waals surface area contributed by atoms with E-state index in [0.717, 1.165) is 31.9 Å². The van der Waals surface area contributed by atoms with Gasteiger partial charge in [-0.25, -0.2) is 9.59 Å². The molecule has 8 nitrogen and oxygen atoms in total. The molecule has 0 aromatic carbocycles. The van der Waals surface area contributed by atoms with E-state index in [0.29, 0.717) is 12.5 Å². The van der Waals surface area contributed by atoms with Gasteiger partial charge in [0.2, 0.25) is 5.76 Å². The lowest BCUT2D eigenvalue weighted by Gasteiger charge is -2.29. The number of imide groups is 1. The van der Waals surface area contributed by atoms with E-state index in [4.69, 9.17) is 14.2 Å². The summed E-state index contributed by atoms with van der Waals surface area (Å²) in [6, 6.07) is -0.502. The highest BCUT2D eigenvalue weighted by atomic mass is 16.6. The topological polar surface area (TPSA) is 103 Å². The molecule has 2 aliphatic rings. The molecule has 0 radical (unpaired) electrons. The van der Waals surface area contributed by atoms with Gasteiger partial charge < -0.3 is 19.5 Å². The van der Waals surface area contributed by atoms with Crippen LogP contribution in [0.3, 0.4) is 0 Å². The van der Waals surface area contributed by atoms with E-state index in [1.807, 2.05) is 0 Å². The van der Waals surface area contributed by atoms with E-state index in [2.05, 4.69) is 17.6 Å². The quantitative estimate of drug-likeness (QED) is 0.742. The molecular formula is C15H22N2O6. The van der Waals surface area contributed by atoms with Crippen molar-refractivity contribution in [3.8, 4) is 0 Å². The Bertz CT molecular complexity index is 490. The average Bonchev–Trinajstić information content (AvgIpc) is 2.55. The maximum atomic E-state index is 11.8. The Balaban J connectivity index is 1.68. The third-order valence-electron chi connectivity index (χ3n) is 3.87. The molecule has 8 heteroatoms. The van der Waals surface area contributed by atoms with E-state index in [1.54, 1.807) is 0 Å². The fourth-order valence-electron chi connectivity index (χ4n) is 2.58. The Morgan fingerprint density at radius 2 is 2.04 bits per heavy atom. The second-order valence-corrected chi connectivity index (χ2v) is 5.67. The standard InChI is InChI=1S/C15H22N2O6/c1-10-4-2-3-5-11(10)16-15(20)17-13(18)9-23-14(19)12-8-21-6-7-22-12/h8,10-11H,2-7,9H2,1H3,(H2,16,17,18,20). The molecule has 2 unspecified atom stereocenters. The zero-order valence-electron chi connectivity index (χ0n) is 13.1. The van der Waals surface area contributed by atoms with Gasteiger partial charge in [0.15, 0.2) is 6.61 Å². The van der Waals surface area contributed by atoms with Gasteiger partial charge in [0, 0.05) is 6.04 Å².